The zero-order valence-corrected chi connectivity index (χ0v) is 13.1. The van der Waals surface area contributed by atoms with Crippen LogP contribution >= 0.6 is 0 Å². The van der Waals surface area contributed by atoms with Crippen molar-refractivity contribution in [2.45, 2.75) is 77.7 Å². The van der Waals surface area contributed by atoms with Crippen LogP contribution in [0.1, 0.15) is 82.3 Å². The molecule has 0 radical (unpaired) electrons. The lowest BCUT2D eigenvalue weighted by Crippen LogP contribution is -2.28. The topological polar surface area (TPSA) is 63.8 Å². The molecule has 0 aromatic carbocycles. The van der Waals surface area contributed by atoms with Crippen LogP contribution in [0.3, 0.4) is 0 Å². The van der Waals surface area contributed by atoms with Crippen molar-refractivity contribution < 1.29 is 0 Å². The van der Waals surface area contributed by atoms with Gasteiger partial charge in [0.2, 0.25) is 0 Å². The quantitative estimate of drug-likeness (QED) is 0.367. The molecule has 4 heteroatoms. The lowest BCUT2D eigenvalue weighted by molar-refractivity contribution is 0.465. The van der Waals surface area contributed by atoms with Gasteiger partial charge in [-0.25, -0.2) is 9.97 Å². The molecule has 1 aromatic rings. The first-order valence-corrected chi connectivity index (χ1v) is 8.03. The number of hydrazine groups is 1. The number of nitrogens with one attached hydrogen (secondary N) is 1. The van der Waals surface area contributed by atoms with Crippen LogP contribution in [0, 0.1) is 6.92 Å². The number of aryl methyl sites for hydroxylation is 1. The molecule has 114 valence electrons. The van der Waals surface area contributed by atoms with Gasteiger partial charge in [-0.3, -0.25) is 11.3 Å². The van der Waals surface area contributed by atoms with Gasteiger partial charge in [-0.15, -0.1) is 0 Å². The van der Waals surface area contributed by atoms with Gasteiger partial charge in [-0.2, -0.15) is 0 Å². The van der Waals surface area contributed by atoms with E-state index in [4.69, 9.17) is 5.84 Å². The summed E-state index contributed by atoms with van der Waals surface area (Å²) in [4.78, 5) is 8.56. The molecule has 0 fully saturated rings. The number of hydrogen-bond acceptors (Lipinski definition) is 4. The molecule has 1 rings (SSSR count). The van der Waals surface area contributed by atoms with E-state index in [1.165, 1.54) is 51.4 Å². The maximum absolute atomic E-state index is 5.64. The standard InChI is InChI=1S/C16H30N4/c1-3-4-5-6-7-8-9-10-11-16(20-17)15-12-13-18-14(2)19-15/h12-13,16,20H,3-11,17H2,1-2H3. The van der Waals surface area contributed by atoms with Gasteiger partial charge < -0.3 is 0 Å². The lowest BCUT2D eigenvalue weighted by atomic mass is 10.0. The molecule has 1 atom stereocenters. The van der Waals surface area contributed by atoms with Gasteiger partial charge in [0.05, 0.1) is 11.7 Å². The Morgan fingerprint density at radius 2 is 1.75 bits per heavy atom. The normalized spacial score (nSPS) is 12.6. The molecule has 0 amide bonds. The largest absolute Gasteiger partial charge is 0.271 e. The van der Waals surface area contributed by atoms with Crippen molar-refractivity contribution in [2.24, 2.45) is 5.84 Å². The molecule has 0 saturated heterocycles. The van der Waals surface area contributed by atoms with Gasteiger partial charge >= 0.3 is 0 Å². The van der Waals surface area contributed by atoms with Gasteiger partial charge in [-0.05, 0) is 19.4 Å². The molecule has 0 aliphatic rings. The highest BCUT2D eigenvalue weighted by molar-refractivity contribution is 5.06. The van der Waals surface area contributed by atoms with Crippen LogP contribution in [-0.4, -0.2) is 9.97 Å². The summed E-state index contributed by atoms with van der Waals surface area (Å²) < 4.78 is 0. The van der Waals surface area contributed by atoms with E-state index in [1.807, 2.05) is 13.0 Å². The van der Waals surface area contributed by atoms with Crippen LogP contribution < -0.4 is 11.3 Å². The third kappa shape index (κ3) is 6.96. The second-order valence-corrected chi connectivity index (χ2v) is 5.51. The van der Waals surface area contributed by atoms with E-state index in [0.717, 1.165) is 17.9 Å². The third-order valence-corrected chi connectivity index (χ3v) is 3.70. The zero-order valence-electron chi connectivity index (χ0n) is 13.1. The summed E-state index contributed by atoms with van der Waals surface area (Å²) in [6, 6.07) is 2.10. The first-order chi connectivity index (χ1) is 9.77. The number of hydrogen-bond donors (Lipinski definition) is 2. The van der Waals surface area contributed by atoms with Crippen molar-refractivity contribution in [3.8, 4) is 0 Å². The average molecular weight is 278 g/mol. The second-order valence-electron chi connectivity index (χ2n) is 5.51. The highest BCUT2D eigenvalue weighted by atomic mass is 15.2. The Balaban J connectivity index is 2.16. The van der Waals surface area contributed by atoms with Crippen molar-refractivity contribution in [1.29, 1.82) is 0 Å². The maximum Gasteiger partial charge on any atom is 0.125 e. The number of nitrogens with zero attached hydrogens (tertiary/aromatic N) is 2. The fraction of sp³-hybridized carbons (Fsp3) is 0.750. The van der Waals surface area contributed by atoms with Crippen molar-refractivity contribution in [3.63, 3.8) is 0 Å². The number of nitrogens with two attached hydrogens (primary N) is 1. The Morgan fingerprint density at radius 1 is 1.10 bits per heavy atom. The number of aromatic nitrogens is 2. The Morgan fingerprint density at radius 3 is 2.35 bits per heavy atom. The van der Waals surface area contributed by atoms with E-state index in [0.29, 0.717) is 0 Å². The first-order valence-electron chi connectivity index (χ1n) is 8.03. The highest BCUT2D eigenvalue weighted by Crippen LogP contribution is 2.18. The molecule has 20 heavy (non-hydrogen) atoms. The predicted molar refractivity (Wildman–Crippen MR) is 84.1 cm³/mol. The van der Waals surface area contributed by atoms with E-state index < -0.39 is 0 Å². The molecular weight excluding hydrogens is 248 g/mol. The van der Waals surface area contributed by atoms with Gasteiger partial charge in [0, 0.05) is 6.20 Å². The number of rotatable bonds is 11. The minimum Gasteiger partial charge on any atom is -0.271 e. The van der Waals surface area contributed by atoms with E-state index in [-0.39, 0.29) is 6.04 Å². The van der Waals surface area contributed by atoms with Crippen LogP contribution in [0.15, 0.2) is 12.3 Å². The molecule has 0 spiro atoms. The summed E-state index contributed by atoms with van der Waals surface area (Å²) in [5.74, 6) is 6.44. The molecule has 0 bridgehead atoms. The van der Waals surface area contributed by atoms with Crippen molar-refractivity contribution in [2.75, 3.05) is 0 Å². The summed E-state index contributed by atoms with van der Waals surface area (Å²) in [5, 5.41) is 0. The van der Waals surface area contributed by atoms with Gasteiger partial charge in [0.15, 0.2) is 0 Å². The Hall–Kier alpha value is -1.00. The molecule has 0 saturated carbocycles. The molecule has 1 unspecified atom stereocenters. The molecule has 0 aliphatic carbocycles. The van der Waals surface area contributed by atoms with Gasteiger partial charge in [0.25, 0.3) is 0 Å². The molecule has 1 aromatic heterocycles. The summed E-state index contributed by atoms with van der Waals surface area (Å²) in [6.45, 7) is 4.17. The SMILES string of the molecule is CCCCCCCCCCC(NN)c1ccnc(C)n1. The van der Waals surface area contributed by atoms with E-state index in [9.17, 15) is 0 Å². The van der Waals surface area contributed by atoms with E-state index >= 15 is 0 Å². The Bertz CT molecular complexity index is 354. The third-order valence-electron chi connectivity index (χ3n) is 3.70. The van der Waals surface area contributed by atoms with Crippen molar-refractivity contribution in [3.05, 3.63) is 23.8 Å². The van der Waals surface area contributed by atoms with Crippen LogP contribution in [0.25, 0.3) is 0 Å². The fourth-order valence-electron chi connectivity index (χ4n) is 2.47. The molecule has 3 N–H and O–H groups in total. The highest BCUT2D eigenvalue weighted by Gasteiger charge is 2.10. The lowest BCUT2D eigenvalue weighted by Gasteiger charge is -2.15. The molecule has 4 nitrogen and oxygen atoms in total. The molecular formula is C16H30N4. The minimum absolute atomic E-state index is 0.150. The monoisotopic (exact) mass is 278 g/mol. The van der Waals surface area contributed by atoms with Crippen LogP contribution in [0.4, 0.5) is 0 Å². The van der Waals surface area contributed by atoms with Crippen molar-refractivity contribution in [1.82, 2.24) is 15.4 Å². The first kappa shape index (κ1) is 17.1. The predicted octanol–water partition coefficient (Wildman–Crippen LogP) is 3.82. The average Bonchev–Trinajstić information content (AvgIpc) is 2.46. The summed E-state index contributed by atoms with van der Waals surface area (Å²) in [5.41, 5.74) is 3.88. The summed E-state index contributed by atoms with van der Waals surface area (Å²) in [6.07, 6.45) is 13.5. The van der Waals surface area contributed by atoms with Gasteiger partial charge in [0.1, 0.15) is 5.82 Å². The molecule has 0 aliphatic heterocycles. The van der Waals surface area contributed by atoms with Crippen LogP contribution in [0.2, 0.25) is 0 Å². The van der Waals surface area contributed by atoms with E-state index in [2.05, 4.69) is 22.3 Å². The van der Waals surface area contributed by atoms with Crippen LogP contribution in [0.5, 0.6) is 0 Å². The number of unbranched alkanes of at least 4 members (excludes halogenated alkanes) is 7. The maximum atomic E-state index is 5.64. The summed E-state index contributed by atoms with van der Waals surface area (Å²) in [7, 11) is 0. The van der Waals surface area contributed by atoms with E-state index in [1.54, 1.807) is 6.20 Å². The minimum atomic E-state index is 0.150. The van der Waals surface area contributed by atoms with Gasteiger partial charge in [-0.1, -0.05) is 58.3 Å². The smallest absolute Gasteiger partial charge is 0.125 e. The van der Waals surface area contributed by atoms with Crippen molar-refractivity contribution >= 4 is 0 Å². The second kappa shape index (κ2) is 10.7. The molecule has 1 heterocycles. The zero-order chi connectivity index (χ0) is 14.6. The Labute approximate surface area is 123 Å². The Kier molecular flexibility index (Phi) is 9.16. The summed E-state index contributed by atoms with van der Waals surface area (Å²) >= 11 is 0. The fourth-order valence-corrected chi connectivity index (χ4v) is 2.47. The van der Waals surface area contributed by atoms with Crippen LogP contribution in [-0.2, 0) is 0 Å².